The summed E-state index contributed by atoms with van der Waals surface area (Å²) in [5.41, 5.74) is 0.991. The first-order valence-electron chi connectivity index (χ1n) is 16.0. The van der Waals surface area contributed by atoms with Gasteiger partial charge in [0.25, 0.3) is 0 Å². The molecule has 7 rings (SSSR count). The summed E-state index contributed by atoms with van der Waals surface area (Å²) in [4.78, 5) is 72.6. The first-order chi connectivity index (χ1) is 24.5. The number of carbonyl (C=O) groups excluding carboxylic acids is 5. The molecule has 5 nitrogen and oxygen atoms in total. The molecular weight excluding hydrogens is 722 g/mol. The Morgan fingerprint density at radius 2 is 0.373 bits per heavy atom. The van der Waals surface area contributed by atoms with Gasteiger partial charge in [-0.15, -0.1) is 0 Å². The van der Waals surface area contributed by atoms with Crippen molar-refractivity contribution >= 4 is 28.9 Å². The molecule has 0 bridgehead atoms. The summed E-state index contributed by atoms with van der Waals surface area (Å²) in [6.07, 6.45) is 10.0. The fourth-order valence-electron chi connectivity index (χ4n) is 5.75. The fourth-order valence-corrected chi connectivity index (χ4v) is 5.75. The van der Waals surface area contributed by atoms with Gasteiger partial charge in [0.2, 0.25) is 0 Å². The predicted molar refractivity (Wildman–Crippen MR) is 192 cm³/mol. The summed E-state index contributed by atoms with van der Waals surface area (Å²) >= 11 is 0. The van der Waals surface area contributed by atoms with Crippen LogP contribution in [0, 0.1) is 61.7 Å². The fraction of sp³-hybridized carbons (Fsp3) is 0. The SMILES string of the molecule is O=C([C]1[C](C(=O)c2ccccc2)[C](C(=O)c2ccccc2)[C](C(=O)c2ccccc2)[C]1C(=O)c1ccccc1)c1ccccc1.[CH]1[CH][CH][CH][CH]1.[Ru+2]. The van der Waals surface area contributed by atoms with E-state index < -0.39 is 28.9 Å². The van der Waals surface area contributed by atoms with Crippen LogP contribution in [0.2, 0.25) is 0 Å². The van der Waals surface area contributed by atoms with Crippen molar-refractivity contribution in [3.63, 3.8) is 0 Å². The van der Waals surface area contributed by atoms with Crippen LogP contribution in [0.1, 0.15) is 51.8 Å². The molecule has 0 atom stereocenters. The largest absolute Gasteiger partial charge is 2.00 e. The van der Waals surface area contributed by atoms with Gasteiger partial charge in [0, 0.05) is 27.8 Å². The summed E-state index contributed by atoms with van der Waals surface area (Å²) in [6, 6.07) is 41.1. The van der Waals surface area contributed by atoms with E-state index in [1.165, 1.54) is 0 Å². The summed E-state index contributed by atoms with van der Waals surface area (Å²) in [7, 11) is 0. The van der Waals surface area contributed by atoms with Gasteiger partial charge in [0.05, 0.1) is 29.6 Å². The van der Waals surface area contributed by atoms with Crippen LogP contribution in [0.3, 0.4) is 0 Å². The molecule has 2 fully saturated rings. The zero-order chi connectivity index (χ0) is 34.9. The summed E-state index contributed by atoms with van der Waals surface area (Å²) in [5.74, 6) is -4.63. The molecule has 10 radical (unpaired) electrons. The van der Waals surface area contributed by atoms with Gasteiger partial charge in [-0.3, -0.25) is 24.0 Å². The van der Waals surface area contributed by atoms with Crippen LogP contribution in [-0.2, 0) is 19.5 Å². The van der Waals surface area contributed by atoms with Crippen molar-refractivity contribution in [3.8, 4) is 0 Å². The number of benzene rings is 5. The summed E-state index contributed by atoms with van der Waals surface area (Å²) in [5, 5.41) is 0. The van der Waals surface area contributed by atoms with E-state index in [2.05, 4.69) is 0 Å². The van der Waals surface area contributed by atoms with Gasteiger partial charge in [-0.05, 0) is 32.1 Å². The second-order valence-corrected chi connectivity index (χ2v) is 11.3. The van der Waals surface area contributed by atoms with Crippen molar-refractivity contribution in [3.05, 3.63) is 241 Å². The van der Waals surface area contributed by atoms with Crippen LogP contribution in [0.25, 0.3) is 0 Å². The van der Waals surface area contributed by atoms with Gasteiger partial charge in [-0.25, -0.2) is 0 Å². The van der Waals surface area contributed by atoms with Gasteiger partial charge in [0.15, 0.2) is 28.9 Å². The second kappa shape index (κ2) is 17.8. The third-order valence-electron chi connectivity index (χ3n) is 8.12. The number of ketones is 5. The maximum atomic E-state index is 14.5. The maximum Gasteiger partial charge on any atom is 2.00 e. The molecule has 0 amide bonds. The van der Waals surface area contributed by atoms with E-state index in [0.29, 0.717) is 0 Å². The van der Waals surface area contributed by atoms with E-state index in [1.54, 1.807) is 152 Å². The van der Waals surface area contributed by atoms with E-state index in [1.807, 2.05) is 32.1 Å². The van der Waals surface area contributed by atoms with Crippen molar-refractivity contribution in [2.24, 2.45) is 0 Å². The quantitative estimate of drug-likeness (QED) is 0.106. The molecule has 0 unspecified atom stereocenters. The van der Waals surface area contributed by atoms with E-state index in [-0.39, 0.29) is 76.9 Å². The molecule has 0 saturated heterocycles. The first-order valence-corrected chi connectivity index (χ1v) is 16.0. The predicted octanol–water partition coefficient (Wildman–Crippen LogP) is 8.31. The van der Waals surface area contributed by atoms with Gasteiger partial charge in [-0.1, -0.05) is 152 Å². The Morgan fingerprint density at radius 1 is 0.235 bits per heavy atom. The summed E-state index contributed by atoms with van der Waals surface area (Å²) < 4.78 is 0. The number of rotatable bonds is 10. The van der Waals surface area contributed by atoms with Gasteiger partial charge < -0.3 is 0 Å². The minimum absolute atomic E-state index is 0. The van der Waals surface area contributed by atoms with Crippen molar-refractivity contribution in [1.82, 2.24) is 0 Å². The topological polar surface area (TPSA) is 85.3 Å². The molecule has 246 valence electrons. The van der Waals surface area contributed by atoms with E-state index in [0.717, 1.165) is 0 Å². The van der Waals surface area contributed by atoms with Crippen LogP contribution in [-0.4, -0.2) is 28.9 Å². The number of carbonyl (C=O) groups is 5. The Bertz CT molecular complexity index is 1580. The first kappa shape index (κ1) is 37.3. The van der Waals surface area contributed by atoms with Gasteiger partial charge in [-0.2, -0.15) is 0 Å². The average Bonchev–Trinajstić information content (AvgIpc) is 3.90. The Labute approximate surface area is 312 Å². The maximum absolute atomic E-state index is 14.5. The molecule has 5 aromatic rings. The van der Waals surface area contributed by atoms with Crippen molar-refractivity contribution in [2.75, 3.05) is 0 Å². The van der Waals surface area contributed by atoms with Crippen LogP contribution in [0.5, 0.6) is 0 Å². The standard InChI is InChI=1S/C40H25O5.C5H5.Ru/c41-36(26-16-6-1-7-17-26)31-32(37(42)27-18-8-2-9-19-27)34(39(44)29-22-12-4-13-23-29)35(40(45)30-24-14-5-15-25-30)33(31)38(43)28-20-10-3-11-21-28;1-2-4-5-3-1;/h1-25H;1-5H;/q;;+2. The van der Waals surface area contributed by atoms with Crippen LogP contribution < -0.4 is 0 Å². The smallest absolute Gasteiger partial charge is 0.293 e. The van der Waals surface area contributed by atoms with E-state index >= 15 is 0 Å². The Kier molecular flexibility index (Phi) is 13.1. The molecule has 5 aromatic carbocycles. The van der Waals surface area contributed by atoms with Crippen LogP contribution >= 0.6 is 0 Å². The summed E-state index contributed by atoms with van der Waals surface area (Å²) in [6.45, 7) is 0. The molecule has 2 aliphatic carbocycles. The normalized spacial score (nSPS) is 15.3. The molecule has 0 aliphatic heterocycles. The minimum Gasteiger partial charge on any atom is -0.293 e. The zero-order valence-electron chi connectivity index (χ0n) is 27.2. The van der Waals surface area contributed by atoms with Crippen LogP contribution in [0.4, 0.5) is 0 Å². The number of hydrogen-bond acceptors (Lipinski definition) is 5. The molecule has 6 heteroatoms. The molecular formula is C45H30O5Ru+2. The Balaban J connectivity index is 0.000000774. The van der Waals surface area contributed by atoms with E-state index in [9.17, 15) is 24.0 Å². The van der Waals surface area contributed by atoms with Crippen LogP contribution in [0.15, 0.2) is 152 Å². The monoisotopic (exact) mass is 752 g/mol. The third-order valence-corrected chi connectivity index (χ3v) is 8.12. The number of hydrogen-bond donors (Lipinski definition) is 0. The van der Waals surface area contributed by atoms with E-state index in [4.69, 9.17) is 0 Å². The second-order valence-electron chi connectivity index (χ2n) is 11.3. The Morgan fingerprint density at radius 3 is 0.510 bits per heavy atom. The molecule has 2 aliphatic rings. The molecule has 0 N–H and O–H groups in total. The van der Waals surface area contributed by atoms with Crippen molar-refractivity contribution in [1.29, 1.82) is 0 Å². The molecule has 0 aromatic heterocycles. The van der Waals surface area contributed by atoms with Crippen molar-refractivity contribution < 1.29 is 43.5 Å². The molecule has 0 spiro atoms. The van der Waals surface area contributed by atoms with Gasteiger partial charge >= 0.3 is 19.5 Å². The minimum atomic E-state index is -0.650. The molecule has 0 heterocycles. The van der Waals surface area contributed by atoms with Gasteiger partial charge in [0.1, 0.15) is 0 Å². The molecule has 2 saturated carbocycles. The number of Topliss-reactive ketones (excluding diaryl/α,β-unsaturated/α-hetero) is 5. The van der Waals surface area contributed by atoms with Crippen molar-refractivity contribution in [2.45, 2.75) is 0 Å². The zero-order valence-corrected chi connectivity index (χ0v) is 29.0. The average molecular weight is 752 g/mol. The Hall–Kier alpha value is -4.93. The third kappa shape index (κ3) is 8.35. The molecule has 51 heavy (non-hydrogen) atoms.